The minimum absolute atomic E-state index is 0.0251. The highest BCUT2D eigenvalue weighted by molar-refractivity contribution is 7.26. The molecule has 0 radical (unpaired) electrons. The van der Waals surface area contributed by atoms with E-state index in [0.29, 0.717) is 16.2 Å². The van der Waals surface area contributed by atoms with Crippen LogP contribution in [0.2, 0.25) is 0 Å². The Labute approximate surface area is 460 Å². The number of fused-ring (bicyclic) bond motifs is 16. The minimum atomic E-state index is -0.0253. The van der Waals surface area contributed by atoms with Gasteiger partial charge in [0, 0.05) is 53.8 Å². The molecular formula is C74H61BN2S. The predicted octanol–water partition coefficient (Wildman–Crippen LogP) is 18.0. The van der Waals surface area contributed by atoms with Crippen molar-refractivity contribution in [1.82, 2.24) is 4.48 Å². The van der Waals surface area contributed by atoms with Crippen molar-refractivity contribution in [2.24, 2.45) is 46.3 Å². The molecule has 376 valence electrons. The Kier molecular flexibility index (Phi) is 7.24. The lowest BCUT2D eigenvalue weighted by Crippen LogP contribution is -2.59. The van der Waals surface area contributed by atoms with E-state index < -0.39 is 0 Å². The van der Waals surface area contributed by atoms with Gasteiger partial charge in [0.2, 0.25) is 0 Å². The van der Waals surface area contributed by atoms with Crippen LogP contribution in [0.3, 0.4) is 0 Å². The van der Waals surface area contributed by atoms with E-state index in [2.05, 4.69) is 188 Å². The van der Waals surface area contributed by atoms with E-state index in [4.69, 9.17) is 0 Å². The normalized spacial score (nSPS) is 31.4. The summed E-state index contributed by atoms with van der Waals surface area (Å²) in [5.41, 5.74) is 21.8. The Balaban J connectivity index is 0.906. The molecule has 11 aromatic rings. The zero-order chi connectivity index (χ0) is 50.7. The van der Waals surface area contributed by atoms with Crippen molar-refractivity contribution in [2.45, 2.75) is 101 Å². The highest BCUT2D eigenvalue weighted by Crippen LogP contribution is 2.85. The molecular weight excluding hydrogens is 960 g/mol. The van der Waals surface area contributed by atoms with E-state index in [1.807, 2.05) is 11.3 Å². The first-order valence-corrected chi connectivity index (χ1v) is 31.0. The van der Waals surface area contributed by atoms with Gasteiger partial charge in [-0.05, 0) is 236 Å². The molecule has 4 heterocycles. The quantitative estimate of drug-likeness (QED) is 0.160. The second-order valence-electron chi connectivity index (χ2n) is 28.8. The molecule has 7 unspecified atom stereocenters. The third-order valence-corrected chi connectivity index (χ3v) is 26.2. The lowest BCUT2D eigenvalue weighted by atomic mass is 9.38. The summed E-state index contributed by atoms with van der Waals surface area (Å²) >= 11 is 2.01. The van der Waals surface area contributed by atoms with Gasteiger partial charge in [-0.2, -0.15) is 0 Å². The molecule has 22 rings (SSSR count). The van der Waals surface area contributed by atoms with Gasteiger partial charge in [-0.3, -0.25) is 0 Å². The van der Waals surface area contributed by atoms with Gasteiger partial charge >= 0.3 is 6.85 Å². The molecule has 0 saturated heterocycles. The number of thiophene rings is 1. The Morgan fingerprint density at radius 3 is 2.10 bits per heavy atom. The van der Waals surface area contributed by atoms with Crippen molar-refractivity contribution in [3.05, 3.63) is 174 Å². The first kappa shape index (κ1) is 42.3. The second-order valence-corrected chi connectivity index (χ2v) is 29.9. The summed E-state index contributed by atoms with van der Waals surface area (Å²) in [4.78, 5) is 2.81. The molecule has 9 aromatic carbocycles. The molecule has 2 nitrogen and oxygen atoms in total. The van der Waals surface area contributed by atoms with Gasteiger partial charge in [-0.25, -0.2) is 0 Å². The van der Waals surface area contributed by atoms with Crippen LogP contribution in [-0.2, 0) is 16.2 Å². The molecule has 9 saturated carbocycles. The minimum Gasteiger partial charge on any atom is -0.375 e. The highest BCUT2D eigenvalue weighted by Gasteiger charge is 2.78. The zero-order valence-corrected chi connectivity index (χ0v) is 45.7. The highest BCUT2D eigenvalue weighted by atomic mass is 32.1. The summed E-state index contributed by atoms with van der Waals surface area (Å²) in [7, 11) is 0. The molecule has 9 aliphatic carbocycles. The summed E-state index contributed by atoms with van der Waals surface area (Å²) < 4.78 is 5.65. The fraction of sp³-hybridized carbons (Fsp3) is 0.324. The number of nitrogens with zero attached hydrogens (tertiary/aromatic N) is 2. The Hall–Kier alpha value is -6.62. The SMILES string of the molecule is CC(C)(C)c1ccc(N2c3c4c(cc5ccccc35)-c3cc(C56CC7CC8CC7(C5)C8C6)cc5c6cc(C78CC9CC%10CC(C7)C%109C8)ccc6n(c35)B4c3ccc4c(sc5cc6ccccc6cc54)c32)c(-c2ccccc2)c1. The standard InChI is InChI=1S/C74H61BN2S/c1-70(2,3)45-17-21-62(54(29-45)40-11-5-4-6-12-40)76-67-52-16-10-9-15-43(52)25-57-59-32-47(72-34-49-23-44-33-73(49,38-72)60(44)37-72)31-58-55-30-46(71-35-50-27-48-28-51(36-71)74(48,50)39-71)18-22-63(55)77(66(58)59)75(65(57)67)61-20-19-53-56-24-41-13-7-8-14-42(41)26-64(56)78-69(53)68(61)76/h4-22,24-26,29-32,44,48-51,60H,23,27-28,33-39H2,1-3H3. The largest absolute Gasteiger partial charge is 0.375 e. The van der Waals surface area contributed by atoms with Crippen LogP contribution in [0.25, 0.3) is 85.8 Å². The number of benzene rings is 9. The molecule has 4 heteroatoms. The lowest BCUT2D eigenvalue weighted by Gasteiger charge is -2.66. The monoisotopic (exact) mass is 1020 g/mol. The van der Waals surface area contributed by atoms with E-state index in [1.54, 1.807) is 11.1 Å². The number of rotatable bonds is 4. The predicted molar refractivity (Wildman–Crippen MR) is 327 cm³/mol. The molecule has 5 bridgehead atoms. The zero-order valence-electron chi connectivity index (χ0n) is 44.9. The van der Waals surface area contributed by atoms with E-state index in [9.17, 15) is 0 Å². The van der Waals surface area contributed by atoms with Crippen molar-refractivity contribution < 1.29 is 0 Å². The molecule has 78 heavy (non-hydrogen) atoms. The fourth-order valence-corrected chi connectivity index (χ4v) is 23.4. The van der Waals surface area contributed by atoms with E-state index >= 15 is 0 Å². The maximum Gasteiger partial charge on any atom is 0.333 e. The van der Waals surface area contributed by atoms with Crippen molar-refractivity contribution in [3.63, 3.8) is 0 Å². The maximum atomic E-state index is 2.92. The van der Waals surface area contributed by atoms with Crippen LogP contribution in [0, 0.1) is 46.3 Å². The average Bonchev–Trinajstić information content (AvgIpc) is 3.51. The van der Waals surface area contributed by atoms with Gasteiger partial charge in [0.25, 0.3) is 0 Å². The molecule has 0 N–H and O–H groups in total. The molecule has 9 fully saturated rings. The van der Waals surface area contributed by atoms with Gasteiger partial charge < -0.3 is 9.38 Å². The molecule has 2 aliphatic heterocycles. The smallest absolute Gasteiger partial charge is 0.333 e. The molecule has 0 amide bonds. The van der Waals surface area contributed by atoms with Crippen LogP contribution < -0.4 is 15.8 Å². The second kappa shape index (κ2) is 13.3. The summed E-state index contributed by atoms with van der Waals surface area (Å²) in [5, 5.41) is 11.0. The third-order valence-electron chi connectivity index (χ3n) is 25.1. The first-order chi connectivity index (χ1) is 38.1. The number of aromatic nitrogens is 1. The molecule has 7 atom stereocenters. The average molecular weight is 1020 g/mol. The summed E-state index contributed by atoms with van der Waals surface area (Å²) in [6.45, 7) is 7.08. The third kappa shape index (κ3) is 4.68. The van der Waals surface area contributed by atoms with Gasteiger partial charge in [0.15, 0.2) is 0 Å². The van der Waals surface area contributed by atoms with Crippen LogP contribution in [0.5, 0.6) is 0 Å². The molecule has 2 aromatic heterocycles. The van der Waals surface area contributed by atoms with Crippen LogP contribution in [-0.4, -0.2) is 11.3 Å². The summed E-state index contributed by atoms with van der Waals surface area (Å²) in [5.74, 6) is 5.80. The van der Waals surface area contributed by atoms with Crippen molar-refractivity contribution in [3.8, 4) is 22.3 Å². The first-order valence-electron chi connectivity index (χ1n) is 30.2. The van der Waals surface area contributed by atoms with Crippen molar-refractivity contribution >= 4 is 110 Å². The van der Waals surface area contributed by atoms with Gasteiger partial charge in [-0.15, -0.1) is 11.3 Å². The van der Waals surface area contributed by atoms with Crippen LogP contribution in [0.4, 0.5) is 17.1 Å². The Morgan fingerprint density at radius 1 is 0.538 bits per heavy atom. The number of hydrogen-bond donors (Lipinski definition) is 0. The Morgan fingerprint density at radius 2 is 1.31 bits per heavy atom. The summed E-state index contributed by atoms with van der Waals surface area (Å²) in [6.07, 6.45) is 14.5. The van der Waals surface area contributed by atoms with Crippen LogP contribution in [0.1, 0.15) is 102 Å². The maximum absolute atomic E-state index is 2.92. The van der Waals surface area contributed by atoms with Gasteiger partial charge in [0.05, 0.1) is 21.8 Å². The molecule has 2 spiro atoms. The Bertz CT molecular complexity index is 4630. The lowest BCUT2D eigenvalue weighted by molar-refractivity contribution is -0.175. The van der Waals surface area contributed by atoms with Gasteiger partial charge in [-0.1, -0.05) is 124 Å². The van der Waals surface area contributed by atoms with Crippen LogP contribution >= 0.6 is 11.3 Å². The van der Waals surface area contributed by atoms with Gasteiger partial charge in [0.1, 0.15) is 0 Å². The van der Waals surface area contributed by atoms with E-state index in [1.165, 1.54) is 184 Å². The van der Waals surface area contributed by atoms with Crippen molar-refractivity contribution in [1.29, 1.82) is 0 Å². The summed E-state index contributed by atoms with van der Waals surface area (Å²) in [6, 6.07) is 63.7. The van der Waals surface area contributed by atoms with Crippen LogP contribution in [0.15, 0.2) is 158 Å². The number of anilines is 3. The number of hydrogen-bond acceptors (Lipinski definition) is 2. The van der Waals surface area contributed by atoms with E-state index in [-0.39, 0.29) is 17.7 Å². The topological polar surface area (TPSA) is 8.17 Å². The van der Waals surface area contributed by atoms with E-state index in [0.717, 1.165) is 35.5 Å². The van der Waals surface area contributed by atoms with Crippen molar-refractivity contribution in [2.75, 3.05) is 4.90 Å². The fourth-order valence-electron chi connectivity index (χ4n) is 22.1. The molecule has 11 aliphatic rings.